The highest BCUT2D eigenvalue weighted by Gasteiger charge is 2.24. The second-order valence-corrected chi connectivity index (χ2v) is 5.75. The fourth-order valence-corrected chi connectivity index (χ4v) is 2.09. The van der Waals surface area contributed by atoms with Crippen LogP contribution in [0.3, 0.4) is 0 Å². The Balaban J connectivity index is 1.91. The summed E-state index contributed by atoms with van der Waals surface area (Å²) in [5.74, 6) is -3.71. The van der Waals surface area contributed by atoms with Gasteiger partial charge >= 0.3 is 5.97 Å². The minimum absolute atomic E-state index is 0.365. The van der Waals surface area contributed by atoms with E-state index in [2.05, 4.69) is 10.6 Å². The summed E-state index contributed by atoms with van der Waals surface area (Å²) in [4.78, 5) is 36.1. The van der Waals surface area contributed by atoms with Crippen LogP contribution < -0.4 is 10.6 Å². The summed E-state index contributed by atoms with van der Waals surface area (Å²) in [7, 11) is 0. The molecule has 2 aromatic carbocycles. The number of hydrogen-bond acceptors (Lipinski definition) is 4. The second kappa shape index (κ2) is 8.88. The number of nitrogens with one attached hydrogen (secondary N) is 2. The number of carbonyl (C=O) groups is 3. The first kappa shape index (κ1) is 20.0. The summed E-state index contributed by atoms with van der Waals surface area (Å²) < 4.78 is 31.7. The predicted octanol–water partition coefficient (Wildman–Crippen LogP) is 2.65. The highest BCUT2D eigenvalue weighted by molar-refractivity contribution is 5.98. The van der Waals surface area contributed by atoms with E-state index in [9.17, 15) is 23.2 Å². The van der Waals surface area contributed by atoms with Crippen molar-refractivity contribution in [1.29, 1.82) is 0 Å². The van der Waals surface area contributed by atoms with Crippen molar-refractivity contribution in [1.82, 2.24) is 5.32 Å². The molecule has 0 aliphatic heterocycles. The Morgan fingerprint density at radius 2 is 1.67 bits per heavy atom. The molecular formula is C19H18F2N2O4. The Labute approximate surface area is 154 Å². The number of amides is 2. The number of hydrogen-bond donors (Lipinski definition) is 2. The third kappa shape index (κ3) is 5.60. The Morgan fingerprint density at radius 3 is 2.33 bits per heavy atom. The molecule has 0 saturated heterocycles. The summed E-state index contributed by atoms with van der Waals surface area (Å²) in [5.41, 5.74) is -0.00199. The zero-order chi connectivity index (χ0) is 20.0. The molecule has 0 heterocycles. The second-order valence-electron chi connectivity index (χ2n) is 5.75. The van der Waals surface area contributed by atoms with Gasteiger partial charge in [0.25, 0.3) is 11.8 Å². The van der Waals surface area contributed by atoms with E-state index in [1.165, 1.54) is 13.8 Å². The van der Waals surface area contributed by atoms with Crippen molar-refractivity contribution in [2.75, 3.05) is 5.32 Å². The molecule has 27 heavy (non-hydrogen) atoms. The van der Waals surface area contributed by atoms with Gasteiger partial charge < -0.3 is 15.4 Å². The smallest absolute Gasteiger partial charge is 0.329 e. The normalized spacial score (nSPS) is 12.6. The molecule has 0 spiro atoms. The molecule has 0 aliphatic rings. The lowest BCUT2D eigenvalue weighted by molar-refractivity contribution is -0.154. The average molecular weight is 376 g/mol. The van der Waals surface area contributed by atoms with Crippen LogP contribution in [0.5, 0.6) is 0 Å². The van der Waals surface area contributed by atoms with Gasteiger partial charge in [0.05, 0.1) is 5.69 Å². The van der Waals surface area contributed by atoms with Crippen LogP contribution in [0.15, 0.2) is 48.5 Å². The van der Waals surface area contributed by atoms with E-state index >= 15 is 0 Å². The minimum atomic E-state index is -1.28. The van der Waals surface area contributed by atoms with E-state index in [1.807, 2.05) is 0 Å². The Morgan fingerprint density at radius 1 is 1.00 bits per heavy atom. The largest absolute Gasteiger partial charge is 0.451 e. The molecule has 0 unspecified atom stereocenters. The number of anilines is 1. The van der Waals surface area contributed by atoms with Crippen LogP contribution in [-0.2, 0) is 14.3 Å². The molecule has 0 aromatic heterocycles. The molecule has 0 aliphatic carbocycles. The highest BCUT2D eigenvalue weighted by Crippen LogP contribution is 2.16. The van der Waals surface area contributed by atoms with Crippen LogP contribution in [0.1, 0.15) is 24.2 Å². The number of rotatable bonds is 6. The molecule has 142 valence electrons. The van der Waals surface area contributed by atoms with Crippen LogP contribution >= 0.6 is 0 Å². The summed E-state index contributed by atoms with van der Waals surface area (Å²) >= 11 is 0. The maximum atomic E-state index is 13.6. The van der Waals surface area contributed by atoms with Gasteiger partial charge in [-0.2, -0.15) is 0 Å². The number of ether oxygens (including phenoxy) is 1. The molecular weight excluding hydrogens is 358 g/mol. The minimum Gasteiger partial charge on any atom is -0.451 e. The van der Waals surface area contributed by atoms with Crippen LogP contribution in [0.2, 0.25) is 0 Å². The van der Waals surface area contributed by atoms with Gasteiger partial charge in [0.15, 0.2) is 6.10 Å². The molecule has 2 rings (SSSR count). The average Bonchev–Trinajstić information content (AvgIpc) is 2.65. The molecule has 0 fully saturated rings. The first-order valence-electron chi connectivity index (χ1n) is 8.10. The van der Waals surface area contributed by atoms with Gasteiger partial charge in [0.1, 0.15) is 17.7 Å². The monoisotopic (exact) mass is 376 g/mol. The fraction of sp³-hybridized carbons (Fsp3) is 0.211. The molecule has 2 N–H and O–H groups in total. The number of carbonyl (C=O) groups excluding carboxylic acids is 3. The zero-order valence-electron chi connectivity index (χ0n) is 14.7. The quantitative estimate of drug-likeness (QED) is 0.759. The molecule has 0 bridgehead atoms. The number of esters is 1. The maximum Gasteiger partial charge on any atom is 0.329 e. The van der Waals surface area contributed by atoms with Gasteiger partial charge in [-0.1, -0.05) is 18.2 Å². The van der Waals surface area contributed by atoms with Crippen LogP contribution in [0, 0.1) is 11.6 Å². The lowest BCUT2D eigenvalue weighted by atomic mass is 10.2. The molecule has 2 amide bonds. The SMILES string of the molecule is C[C@H](NC(=O)c1ccccc1)C(=O)O[C@@H](C)C(=O)Nc1cc(F)ccc1F. The topological polar surface area (TPSA) is 84.5 Å². The lowest BCUT2D eigenvalue weighted by Crippen LogP contribution is -2.42. The molecule has 0 radical (unpaired) electrons. The van der Waals surface area contributed by atoms with Gasteiger partial charge in [0.2, 0.25) is 0 Å². The van der Waals surface area contributed by atoms with Crippen LogP contribution in [0.25, 0.3) is 0 Å². The van der Waals surface area contributed by atoms with E-state index in [4.69, 9.17) is 4.74 Å². The van der Waals surface area contributed by atoms with Crippen molar-refractivity contribution < 1.29 is 27.9 Å². The first-order valence-corrected chi connectivity index (χ1v) is 8.10. The van der Waals surface area contributed by atoms with Gasteiger partial charge in [-0.25, -0.2) is 13.6 Å². The highest BCUT2D eigenvalue weighted by atomic mass is 19.1. The third-order valence-electron chi connectivity index (χ3n) is 3.59. The number of benzene rings is 2. The zero-order valence-corrected chi connectivity index (χ0v) is 14.7. The molecule has 2 aromatic rings. The molecule has 6 nitrogen and oxygen atoms in total. The van der Waals surface area contributed by atoms with E-state index in [0.29, 0.717) is 5.56 Å². The van der Waals surface area contributed by atoms with Crippen LogP contribution in [-0.4, -0.2) is 29.9 Å². The predicted molar refractivity (Wildman–Crippen MR) is 93.9 cm³/mol. The lowest BCUT2D eigenvalue weighted by Gasteiger charge is -2.17. The van der Waals surface area contributed by atoms with E-state index in [0.717, 1.165) is 18.2 Å². The summed E-state index contributed by atoms with van der Waals surface area (Å²) in [5, 5.41) is 4.59. The Bertz CT molecular complexity index is 843. The van der Waals surface area contributed by atoms with Gasteiger partial charge in [-0.3, -0.25) is 9.59 Å². The Kier molecular flexibility index (Phi) is 6.59. The van der Waals surface area contributed by atoms with Gasteiger partial charge in [-0.15, -0.1) is 0 Å². The van der Waals surface area contributed by atoms with E-state index < -0.39 is 41.6 Å². The van der Waals surface area contributed by atoms with Crippen molar-refractivity contribution in [3.8, 4) is 0 Å². The van der Waals surface area contributed by atoms with Crippen LogP contribution in [0.4, 0.5) is 14.5 Å². The molecule has 0 saturated carbocycles. The summed E-state index contributed by atoms with van der Waals surface area (Å²) in [6, 6.07) is 9.83. The van der Waals surface area contributed by atoms with Gasteiger partial charge in [-0.05, 0) is 38.1 Å². The van der Waals surface area contributed by atoms with Crippen molar-refractivity contribution in [2.24, 2.45) is 0 Å². The van der Waals surface area contributed by atoms with E-state index in [1.54, 1.807) is 30.3 Å². The van der Waals surface area contributed by atoms with Gasteiger partial charge in [0, 0.05) is 11.6 Å². The number of halogens is 2. The molecule has 8 heteroatoms. The van der Waals surface area contributed by atoms with Crippen molar-refractivity contribution >= 4 is 23.5 Å². The fourth-order valence-electron chi connectivity index (χ4n) is 2.09. The first-order chi connectivity index (χ1) is 12.8. The molecule has 2 atom stereocenters. The maximum absolute atomic E-state index is 13.6. The van der Waals surface area contributed by atoms with Crippen molar-refractivity contribution in [3.05, 3.63) is 65.7 Å². The standard InChI is InChI=1S/C19H18F2N2O4/c1-11(22-18(25)13-6-4-3-5-7-13)19(26)27-12(2)17(24)23-16-10-14(20)8-9-15(16)21/h3-12H,1-2H3,(H,22,25)(H,23,24)/t11-,12-/m0/s1. The van der Waals surface area contributed by atoms with Crippen molar-refractivity contribution in [2.45, 2.75) is 26.0 Å². The van der Waals surface area contributed by atoms with E-state index in [-0.39, 0.29) is 5.69 Å². The Hall–Kier alpha value is -3.29. The third-order valence-corrected chi connectivity index (χ3v) is 3.59. The van der Waals surface area contributed by atoms with Crippen molar-refractivity contribution in [3.63, 3.8) is 0 Å². The summed E-state index contributed by atoms with van der Waals surface area (Å²) in [6.07, 6.45) is -1.28. The summed E-state index contributed by atoms with van der Waals surface area (Å²) in [6.45, 7) is 2.68.